The fourth-order valence-electron chi connectivity index (χ4n) is 8.90. The van der Waals surface area contributed by atoms with Gasteiger partial charge in [-0.2, -0.15) is 0 Å². The van der Waals surface area contributed by atoms with E-state index in [1.807, 2.05) is 36.4 Å². The predicted octanol–water partition coefficient (Wildman–Crippen LogP) is 13.2. The van der Waals surface area contributed by atoms with Crippen molar-refractivity contribution in [2.24, 2.45) is 0 Å². The van der Waals surface area contributed by atoms with Gasteiger partial charge in [0, 0.05) is 39.4 Å². The monoisotopic (exact) mass is 734 g/mol. The Bertz CT molecular complexity index is 2780. The SMILES string of the molecule is CC1=CC2c3ccccc3N(c3cc(-c4ccc5ccccc5c4)cc(-c4nc(-c5ccccc5)nc(-c5ccccc5)n4)c3)C2C=C1C(C)(C)c1ccccc1. The average Bonchev–Trinajstić information content (AvgIpc) is 3.59. The van der Waals surface area contributed by atoms with Gasteiger partial charge in [0.15, 0.2) is 17.5 Å². The molecule has 0 bridgehead atoms. The number of aromatic nitrogens is 3. The lowest BCUT2D eigenvalue weighted by Crippen LogP contribution is -2.33. The molecule has 0 saturated heterocycles. The highest BCUT2D eigenvalue weighted by Crippen LogP contribution is 2.52. The molecule has 0 radical (unpaired) electrons. The van der Waals surface area contributed by atoms with E-state index >= 15 is 0 Å². The van der Waals surface area contributed by atoms with Crippen molar-refractivity contribution < 1.29 is 0 Å². The molecule has 57 heavy (non-hydrogen) atoms. The summed E-state index contributed by atoms with van der Waals surface area (Å²) in [5.74, 6) is 2.13. The van der Waals surface area contributed by atoms with Gasteiger partial charge in [-0.05, 0) is 75.9 Å². The van der Waals surface area contributed by atoms with E-state index in [2.05, 4.69) is 177 Å². The molecule has 0 saturated carbocycles. The highest BCUT2D eigenvalue weighted by Gasteiger charge is 2.41. The van der Waals surface area contributed by atoms with Crippen molar-refractivity contribution in [1.82, 2.24) is 15.0 Å². The molecule has 4 heteroatoms. The summed E-state index contributed by atoms with van der Waals surface area (Å²) in [6, 6.07) is 62.5. The van der Waals surface area contributed by atoms with Gasteiger partial charge in [-0.15, -0.1) is 0 Å². The molecule has 1 aromatic heterocycles. The second-order valence-electron chi connectivity index (χ2n) is 15.7. The van der Waals surface area contributed by atoms with Gasteiger partial charge in [0.1, 0.15) is 0 Å². The summed E-state index contributed by atoms with van der Waals surface area (Å²) in [7, 11) is 0. The summed E-state index contributed by atoms with van der Waals surface area (Å²) < 4.78 is 0. The molecule has 2 atom stereocenters. The highest BCUT2D eigenvalue weighted by molar-refractivity contribution is 5.90. The van der Waals surface area contributed by atoms with E-state index in [-0.39, 0.29) is 17.4 Å². The van der Waals surface area contributed by atoms with Crippen LogP contribution in [0.4, 0.5) is 11.4 Å². The minimum atomic E-state index is -0.183. The summed E-state index contributed by atoms with van der Waals surface area (Å²) in [5, 5.41) is 2.42. The first-order valence-corrected chi connectivity index (χ1v) is 19.8. The smallest absolute Gasteiger partial charge is 0.164 e. The molecule has 0 spiro atoms. The molecule has 2 heterocycles. The van der Waals surface area contributed by atoms with Crippen LogP contribution in [-0.2, 0) is 5.41 Å². The Morgan fingerprint density at radius 1 is 0.474 bits per heavy atom. The zero-order chi connectivity index (χ0) is 38.5. The van der Waals surface area contributed by atoms with Gasteiger partial charge in [0.05, 0.1) is 6.04 Å². The number of fused-ring (bicyclic) bond motifs is 4. The number of nitrogens with zero attached hydrogens (tertiary/aromatic N) is 4. The number of para-hydroxylation sites is 1. The molecule has 7 aromatic carbocycles. The van der Waals surface area contributed by atoms with E-state index in [1.54, 1.807) is 0 Å². The predicted molar refractivity (Wildman–Crippen MR) is 235 cm³/mol. The van der Waals surface area contributed by atoms with Crippen molar-refractivity contribution in [2.45, 2.75) is 38.1 Å². The Balaban J connectivity index is 1.20. The number of hydrogen-bond donors (Lipinski definition) is 0. The summed E-state index contributed by atoms with van der Waals surface area (Å²) in [4.78, 5) is 18.0. The first kappa shape index (κ1) is 34.6. The second kappa shape index (κ2) is 14.0. The lowest BCUT2D eigenvalue weighted by Gasteiger charge is -2.37. The average molecular weight is 735 g/mol. The fourth-order valence-corrected chi connectivity index (χ4v) is 8.90. The lowest BCUT2D eigenvalue weighted by molar-refractivity contribution is 0.604. The fraction of sp³-hybridized carbons (Fsp3) is 0.113. The molecule has 2 unspecified atom stereocenters. The third-order valence-corrected chi connectivity index (χ3v) is 11.8. The second-order valence-corrected chi connectivity index (χ2v) is 15.7. The van der Waals surface area contributed by atoms with Gasteiger partial charge in [-0.25, -0.2) is 15.0 Å². The van der Waals surface area contributed by atoms with Gasteiger partial charge < -0.3 is 4.90 Å². The number of benzene rings is 7. The van der Waals surface area contributed by atoms with Crippen LogP contribution in [-0.4, -0.2) is 21.0 Å². The lowest BCUT2D eigenvalue weighted by atomic mass is 9.70. The zero-order valence-electron chi connectivity index (χ0n) is 32.3. The molecular formula is C53H42N4. The quantitative estimate of drug-likeness (QED) is 0.163. The van der Waals surface area contributed by atoms with Crippen LogP contribution in [0.3, 0.4) is 0 Å². The molecule has 1 aliphatic carbocycles. The Morgan fingerprint density at radius 3 is 1.72 bits per heavy atom. The largest absolute Gasteiger partial charge is 0.333 e. The maximum absolute atomic E-state index is 5.20. The molecule has 0 N–H and O–H groups in total. The van der Waals surface area contributed by atoms with Gasteiger partial charge in [0.25, 0.3) is 0 Å². The van der Waals surface area contributed by atoms with E-state index in [0.29, 0.717) is 17.5 Å². The summed E-state index contributed by atoms with van der Waals surface area (Å²) >= 11 is 0. The highest BCUT2D eigenvalue weighted by atomic mass is 15.2. The van der Waals surface area contributed by atoms with Gasteiger partial charge in [-0.3, -0.25) is 0 Å². The van der Waals surface area contributed by atoms with Gasteiger partial charge in [0.2, 0.25) is 0 Å². The molecule has 0 fully saturated rings. The van der Waals surface area contributed by atoms with E-state index in [1.165, 1.54) is 38.7 Å². The summed E-state index contributed by atoms with van der Waals surface area (Å²) in [6.07, 6.45) is 5.04. The van der Waals surface area contributed by atoms with Crippen LogP contribution < -0.4 is 4.90 Å². The van der Waals surface area contributed by atoms with Crippen molar-refractivity contribution in [3.05, 3.63) is 210 Å². The Labute approximate surface area is 334 Å². The minimum absolute atomic E-state index is 0.0712. The zero-order valence-corrected chi connectivity index (χ0v) is 32.3. The number of allylic oxidation sites excluding steroid dienone is 2. The van der Waals surface area contributed by atoms with Crippen LogP contribution in [0, 0.1) is 0 Å². The van der Waals surface area contributed by atoms with E-state index in [0.717, 1.165) is 33.5 Å². The third-order valence-electron chi connectivity index (χ3n) is 11.8. The van der Waals surface area contributed by atoms with Crippen molar-refractivity contribution in [2.75, 3.05) is 4.90 Å². The molecule has 4 nitrogen and oxygen atoms in total. The van der Waals surface area contributed by atoms with Crippen LogP contribution in [0.1, 0.15) is 37.8 Å². The number of hydrogen-bond acceptors (Lipinski definition) is 4. The van der Waals surface area contributed by atoms with Crippen molar-refractivity contribution in [1.29, 1.82) is 0 Å². The Kier molecular flexibility index (Phi) is 8.48. The number of rotatable bonds is 7. The maximum Gasteiger partial charge on any atom is 0.164 e. The van der Waals surface area contributed by atoms with Crippen molar-refractivity contribution >= 4 is 22.1 Å². The minimum Gasteiger partial charge on any atom is -0.333 e. The van der Waals surface area contributed by atoms with Crippen molar-refractivity contribution in [3.8, 4) is 45.3 Å². The normalized spacial score (nSPS) is 16.2. The third kappa shape index (κ3) is 6.24. The van der Waals surface area contributed by atoms with E-state index < -0.39 is 0 Å². The van der Waals surface area contributed by atoms with Crippen LogP contribution in [0.5, 0.6) is 0 Å². The molecule has 2 aliphatic rings. The molecule has 10 rings (SSSR count). The summed E-state index contributed by atoms with van der Waals surface area (Å²) in [5.41, 5.74) is 12.5. The molecule has 1 aliphatic heterocycles. The first-order valence-electron chi connectivity index (χ1n) is 19.8. The standard InChI is InChI=1S/C53H42N4/c1-35-29-46-45-25-15-16-26-48(45)57(49(46)34-47(35)53(2,3)43-23-11-6-12-24-43)44-32-41(40-28-27-36-17-13-14-22-39(36)30-40)31-42(33-44)52-55-50(37-18-7-4-8-19-37)54-51(56-52)38-20-9-5-10-21-38/h4-34,46,49H,1-3H3. The Morgan fingerprint density at radius 2 is 1.04 bits per heavy atom. The van der Waals surface area contributed by atoms with Gasteiger partial charge >= 0.3 is 0 Å². The first-order chi connectivity index (χ1) is 27.9. The van der Waals surface area contributed by atoms with Crippen LogP contribution in [0.15, 0.2) is 199 Å². The Hall–Kier alpha value is -6.91. The van der Waals surface area contributed by atoms with Crippen LogP contribution in [0.25, 0.3) is 56.1 Å². The number of anilines is 2. The molecule has 274 valence electrons. The maximum atomic E-state index is 5.20. The van der Waals surface area contributed by atoms with E-state index in [9.17, 15) is 0 Å². The molecular weight excluding hydrogens is 693 g/mol. The summed E-state index contributed by atoms with van der Waals surface area (Å²) in [6.45, 7) is 6.99. The molecule has 8 aromatic rings. The van der Waals surface area contributed by atoms with E-state index in [4.69, 9.17) is 15.0 Å². The molecule has 0 amide bonds. The van der Waals surface area contributed by atoms with Crippen molar-refractivity contribution in [3.63, 3.8) is 0 Å². The topological polar surface area (TPSA) is 41.9 Å². The van der Waals surface area contributed by atoms with Crippen LogP contribution >= 0.6 is 0 Å². The van der Waals surface area contributed by atoms with Gasteiger partial charge in [-0.1, -0.05) is 177 Å². The van der Waals surface area contributed by atoms with Crippen LogP contribution in [0.2, 0.25) is 0 Å².